The molecule has 0 bridgehead atoms. The molecular formula is C12H19NO3. The van der Waals surface area contributed by atoms with Crippen LogP contribution in [0, 0.1) is 5.92 Å². The van der Waals surface area contributed by atoms with Gasteiger partial charge in [-0.25, -0.2) is 9.78 Å². The van der Waals surface area contributed by atoms with Crippen LogP contribution >= 0.6 is 0 Å². The Hall–Kier alpha value is -1.32. The summed E-state index contributed by atoms with van der Waals surface area (Å²) in [6, 6.07) is 0. The summed E-state index contributed by atoms with van der Waals surface area (Å²) in [5.41, 5.74) is 0.547. The molecule has 4 nitrogen and oxygen atoms in total. The fourth-order valence-electron chi connectivity index (χ4n) is 1.45. The van der Waals surface area contributed by atoms with Gasteiger partial charge in [0.1, 0.15) is 0 Å². The first-order valence-electron chi connectivity index (χ1n) is 5.68. The molecule has 0 aromatic carbocycles. The first-order valence-corrected chi connectivity index (χ1v) is 5.68. The van der Waals surface area contributed by atoms with Gasteiger partial charge in [-0.2, -0.15) is 0 Å². The molecule has 0 aliphatic carbocycles. The molecule has 0 amide bonds. The van der Waals surface area contributed by atoms with E-state index in [1.165, 1.54) is 0 Å². The summed E-state index contributed by atoms with van der Waals surface area (Å²) < 4.78 is 5.30. The summed E-state index contributed by atoms with van der Waals surface area (Å²) in [5.74, 6) is 0.0243. The summed E-state index contributed by atoms with van der Waals surface area (Å²) >= 11 is 0. The smallest absolute Gasteiger partial charge is 0.373 e. The van der Waals surface area contributed by atoms with Crippen molar-refractivity contribution in [3.8, 4) is 0 Å². The molecule has 0 aliphatic heterocycles. The number of aromatic nitrogens is 1. The quantitative estimate of drug-likeness (QED) is 0.836. The zero-order valence-electron chi connectivity index (χ0n) is 10.3. The van der Waals surface area contributed by atoms with Gasteiger partial charge in [0.2, 0.25) is 5.76 Å². The third-order valence-corrected chi connectivity index (χ3v) is 2.66. The minimum Gasteiger partial charge on any atom is -0.475 e. The summed E-state index contributed by atoms with van der Waals surface area (Å²) in [7, 11) is 0. The molecule has 4 heteroatoms. The van der Waals surface area contributed by atoms with Crippen LogP contribution in [-0.4, -0.2) is 16.1 Å². The maximum atomic E-state index is 11.0. The lowest BCUT2D eigenvalue weighted by atomic mass is 10.1. The van der Waals surface area contributed by atoms with Gasteiger partial charge in [0.25, 0.3) is 0 Å². The van der Waals surface area contributed by atoms with Crippen LogP contribution in [0.2, 0.25) is 0 Å². The zero-order chi connectivity index (χ0) is 12.3. The molecule has 0 spiro atoms. The zero-order valence-corrected chi connectivity index (χ0v) is 10.3. The Morgan fingerprint density at radius 1 is 1.44 bits per heavy atom. The van der Waals surface area contributed by atoms with Gasteiger partial charge in [-0.05, 0) is 11.8 Å². The number of carbonyl (C=O) groups is 1. The van der Waals surface area contributed by atoms with Crippen LogP contribution in [-0.2, 0) is 6.42 Å². The van der Waals surface area contributed by atoms with Crippen molar-refractivity contribution in [2.45, 2.75) is 46.5 Å². The Kier molecular flexibility index (Phi) is 4.10. The molecule has 1 unspecified atom stereocenters. The van der Waals surface area contributed by atoms with Crippen LogP contribution in [0.5, 0.6) is 0 Å². The van der Waals surface area contributed by atoms with E-state index < -0.39 is 5.97 Å². The van der Waals surface area contributed by atoms with Crippen molar-refractivity contribution in [2.75, 3.05) is 0 Å². The molecule has 1 aromatic heterocycles. The SMILES string of the molecule is CCC(C)Cc1nc(C(C)C)c(C(=O)O)o1. The van der Waals surface area contributed by atoms with E-state index in [-0.39, 0.29) is 11.7 Å². The van der Waals surface area contributed by atoms with E-state index in [1.807, 2.05) is 13.8 Å². The van der Waals surface area contributed by atoms with E-state index in [1.54, 1.807) is 0 Å². The minimum atomic E-state index is -1.04. The molecule has 0 aliphatic rings. The largest absolute Gasteiger partial charge is 0.475 e. The van der Waals surface area contributed by atoms with E-state index >= 15 is 0 Å². The molecule has 16 heavy (non-hydrogen) atoms. The number of oxazole rings is 1. The highest BCUT2D eigenvalue weighted by molar-refractivity contribution is 5.85. The molecule has 1 N–H and O–H groups in total. The fourth-order valence-corrected chi connectivity index (χ4v) is 1.45. The van der Waals surface area contributed by atoms with Gasteiger partial charge in [-0.1, -0.05) is 34.1 Å². The number of hydrogen-bond donors (Lipinski definition) is 1. The summed E-state index contributed by atoms with van der Waals surface area (Å²) in [5, 5.41) is 8.99. The predicted octanol–water partition coefficient (Wildman–Crippen LogP) is 3.08. The average Bonchev–Trinajstić information content (AvgIpc) is 2.61. The van der Waals surface area contributed by atoms with Crippen molar-refractivity contribution in [2.24, 2.45) is 5.92 Å². The summed E-state index contributed by atoms with van der Waals surface area (Å²) in [6.45, 7) is 8.02. The van der Waals surface area contributed by atoms with Gasteiger partial charge in [-0.3, -0.25) is 0 Å². The van der Waals surface area contributed by atoms with Crippen molar-refractivity contribution in [1.29, 1.82) is 0 Å². The Morgan fingerprint density at radius 3 is 2.44 bits per heavy atom. The number of carboxylic acids is 1. The Balaban J connectivity index is 2.97. The van der Waals surface area contributed by atoms with Crippen molar-refractivity contribution < 1.29 is 14.3 Å². The lowest BCUT2D eigenvalue weighted by molar-refractivity contribution is 0.0657. The second-order valence-electron chi connectivity index (χ2n) is 4.50. The molecule has 0 saturated heterocycles. The van der Waals surface area contributed by atoms with E-state index in [0.717, 1.165) is 6.42 Å². The van der Waals surface area contributed by atoms with Gasteiger partial charge < -0.3 is 9.52 Å². The number of aromatic carboxylic acids is 1. The van der Waals surface area contributed by atoms with Crippen molar-refractivity contribution in [3.05, 3.63) is 17.3 Å². The second kappa shape index (κ2) is 5.14. The van der Waals surface area contributed by atoms with Gasteiger partial charge in [-0.15, -0.1) is 0 Å². The number of carboxylic acid groups (broad SMARTS) is 1. The minimum absolute atomic E-state index is 0.00620. The standard InChI is InChI=1S/C12H19NO3/c1-5-8(4)6-9-13-10(7(2)3)11(16-9)12(14)15/h7-8H,5-6H2,1-4H3,(H,14,15). The molecule has 1 rings (SSSR count). The van der Waals surface area contributed by atoms with E-state index in [0.29, 0.717) is 23.9 Å². The molecule has 1 heterocycles. The third-order valence-electron chi connectivity index (χ3n) is 2.66. The molecule has 1 aromatic rings. The highest BCUT2D eigenvalue weighted by Crippen LogP contribution is 2.22. The van der Waals surface area contributed by atoms with E-state index in [2.05, 4.69) is 18.8 Å². The van der Waals surface area contributed by atoms with Crippen LogP contribution in [0.25, 0.3) is 0 Å². The fraction of sp³-hybridized carbons (Fsp3) is 0.667. The molecule has 1 atom stereocenters. The van der Waals surface area contributed by atoms with Crippen LogP contribution in [0.1, 0.15) is 62.2 Å². The molecular weight excluding hydrogens is 206 g/mol. The topological polar surface area (TPSA) is 63.3 Å². The van der Waals surface area contributed by atoms with Gasteiger partial charge in [0.15, 0.2) is 5.89 Å². The third kappa shape index (κ3) is 2.84. The molecule has 0 saturated carbocycles. The Morgan fingerprint density at radius 2 is 2.06 bits per heavy atom. The number of nitrogens with zero attached hydrogens (tertiary/aromatic N) is 1. The Bertz CT molecular complexity index is 368. The maximum Gasteiger partial charge on any atom is 0.373 e. The summed E-state index contributed by atoms with van der Waals surface area (Å²) in [4.78, 5) is 15.2. The lowest BCUT2D eigenvalue weighted by Crippen LogP contribution is -2.01. The van der Waals surface area contributed by atoms with Crippen molar-refractivity contribution in [3.63, 3.8) is 0 Å². The van der Waals surface area contributed by atoms with Crippen LogP contribution < -0.4 is 0 Å². The van der Waals surface area contributed by atoms with Crippen LogP contribution in [0.15, 0.2) is 4.42 Å². The number of rotatable bonds is 5. The van der Waals surface area contributed by atoms with Crippen molar-refractivity contribution >= 4 is 5.97 Å². The average molecular weight is 225 g/mol. The van der Waals surface area contributed by atoms with Gasteiger partial charge in [0, 0.05) is 6.42 Å². The normalized spacial score (nSPS) is 13.1. The first kappa shape index (κ1) is 12.7. The highest BCUT2D eigenvalue weighted by Gasteiger charge is 2.22. The molecule has 0 fully saturated rings. The monoisotopic (exact) mass is 225 g/mol. The second-order valence-corrected chi connectivity index (χ2v) is 4.50. The predicted molar refractivity (Wildman–Crippen MR) is 60.7 cm³/mol. The van der Waals surface area contributed by atoms with Gasteiger partial charge >= 0.3 is 5.97 Å². The number of hydrogen-bond acceptors (Lipinski definition) is 3. The van der Waals surface area contributed by atoms with E-state index in [4.69, 9.17) is 9.52 Å². The highest BCUT2D eigenvalue weighted by atomic mass is 16.4. The van der Waals surface area contributed by atoms with E-state index in [9.17, 15) is 4.79 Å². The Labute approximate surface area is 95.7 Å². The lowest BCUT2D eigenvalue weighted by Gasteiger charge is -2.02. The van der Waals surface area contributed by atoms with Crippen molar-refractivity contribution in [1.82, 2.24) is 4.98 Å². The maximum absolute atomic E-state index is 11.0. The molecule has 90 valence electrons. The van der Waals surface area contributed by atoms with Crippen LogP contribution in [0.4, 0.5) is 0 Å². The first-order chi connectivity index (χ1) is 7.45. The summed E-state index contributed by atoms with van der Waals surface area (Å²) in [6.07, 6.45) is 1.73. The van der Waals surface area contributed by atoms with Crippen LogP contribution in [0.3, 0.4) is 0 Å². The molecule has 0 radical (unpaired) electrons. The van der Waals surface area contributed by atoms with Gasteiger partial charge in [0.05, 0.1) is 5.69 Å².